The third-order valence-electron chi connectivity index (χ3n) is 2.61. The van der Waals surface area contributed by atoms with Crippen molar-refractivity contribution in [3.05, 3.63) is 6.20 Å². The van der Waals surface area contributed by atoms with Crippen LogP contribution in [0.2, 0.25) is 0 Å². The van der Waals surface area contributed by atoms with Gasteiger partial charge in [0.15, 0.2) is 5.13 Å². The number of nitrogens with zero attached hydrogens (tertiary/aromatic N) is 2. The summed E-state index contributed by atoms with van der Waals surface area (Å²) >= 11 is 2.90. The fourth-order valence-electron chi connectivity index (χ4n) is 1.94. The lowest BCUT2D eigenvalue weighted by molar-refractivity contribution is -0.140. The van der Waals surface area contributed by atoms with Crippen molar-refractivity contribution >= 4 is 34.1 Å². The molecule has 18 heavy (non-hydrogen) atoms. The van der Waals surface area contributed by atoms with E-state index < -0.39 is 0 Å². The molecule has 2 unspecified atom stereocenters. The summed E-state index contributed by atoms with van der Waals surface area (Å²) in [7, 11) is 0. The van der Waals surface area contributed by atoms with Crippen molar-refractivity contribution in [2.24, 2.45) is 0 Å². The first-order valence-corrected chi connectivity index (χ1v) is 7.62. The number of morpholine rings is 1. The fourth-order valence-corrected chi connectivity index (χ4v) is 3.61. The zero-order chi connectivity index (χ0) is 13.1. The highest BCUT2D eigenvalue weighted by Crippen LogP contribution is 2.26. The number of amides is 1. The Kier molecular flexibility index (Phi) is 4.47. The van der Waals surface area contributed by atoms with Gasteiger partial charge in [-0.2, -0.15) is 0 Å². The van der Waals surface area contributed by atoms with Crippen LogP contribution in [0.3, 0.4) is 0 Å². The Balaban J connectivity index is 1.84. The summed E-state index contributed by atoms with van der Waals surface area (Å²) < 4.78 is 6.59. The minimum Gasteiger partial charge on any atom is -0.375 e. The fraction of sp³-hybridized carbons (Fsp3) is 0.636. The van der Waals surface area contributed by atoms with Crippen LogP contribution in [-0.4, -0.2) is 46.8 Å². The molecule has 2 N–H and O–H groups in total. The van der Waals surface area contributed by atoms with E-state index in [0.717, 1.165) is 4.21 Å². The lowest BCUT2D eigenvalue weighted by atomic mass is 10.2. The Bertz CT molecular complexity index is 414. The van der Waals surface area contributed by atoms with Gasteiger partial charge in [-0.25, -0.2) is 4.98 Å². The van der Waals surface area contributed by atoms with Gasteiger partial charge in [-0.3, -0.25) is 4.79 Å². The second kappa shape index (κ2) is 5.90. The standard InChI is InChI=1S/C11H17N3O2S2/c1-7-4-14(5-8(2)16-7)9(15)6-17-10-3-13-11(12)18-10/h3,7-8H,4-6H2,1-2H3,(H2,12,13). The minimum absolute atomic E-state index is 0.113. The van der Waals surface area contributed by atoms with Crippen LogP contribution in [0.15, 0.2) is 10.4 Å². The average Bonchev–Trinajstić information content (AvgIpc) is 2.70. The molecule has 0 aromatic carbocycles. The highest BCUT2D eigenvalue weighted by Gasteiger charge is 2.25. The first-order chi connectivity index (χ1) is 8.54. The smallest absolute Gasteiger partial charge is 0.233 e. The van der Waals surface area contributed by atoms with E-state index in [1.54, 1.807) is 6.20 Å². The highest BCUT2D eigenvalue weighted by molar-refractivity contribution is 8.01. The summed E-state index contributed by atoms with van der Waals surface area (Å²) in [6, 6.07) is 0. The van der Waals surface area contributed by atoms with Crippen molar-refractivity contribution in [2.45, 2.75) is 30.3 Å². The van der Waals surface area contributed by atoms with Gasteiger partial charge in [0.05, 0.1) is 28.4 Å². The number of nitrogens with two attached hydrogens (primary N) is 1. The second-order valence-electron chi connectivity index (χ2n) is 4.36. The summed E-state index contributed by atoms with van der Waals surface area (Å²) in [6.45, 7) is 5.34. The molecule has 1 aliphatic heterocycles. The zero-order valence-electron chi connectivity index (χ0n) is 10.5. The molecule has 1 aromatic heterocycles. The summed E-state index contributed by atoms with van der Waals surface area (Å²) in [5, 5.41) is 0.540. The van der Waals surface area contributed by atoms with E-state index in [4.69, 9.17) is 10.5 Å². The van der Waals surface area contributed by atoms with Gasteiger partial charge in [0.1, 0.15) is 0 Å². The van der Waals surface area contributed by atoms with Crippen molar-refractivity contribution in [3.63, 3.8) is 0 Å². The predicted molar refractivity (Wildman–Crippen MR) is 73.8 cm³/mol. The van der Waals surface area contributed by atoms with E-state index in [9.17, 15) is 4.79 Å². The molecule has 0 aliphatic carbocycles. The monoisotopic (exact) mass is 287 g/mol. The lowest BCUT2D eigenvalue weighted by Crippen LogP contribution is -2.48. The van der Waals surface area contributed by atoms with Gasteiger partial charge >= 0.3 is 0 Å². The van der Waals surface area contributed by atoms with Crippen molar-refractivity contribution in [3.8, 4) is 0 Å². The van der Waals surface area contributed by atoms with Gasteiger partial charge < -0.3 is 15.4 Å². The maximum absolute atomic E-state index is 12.1. The Morgan fingerprint density at radius 2 is 2.28 bits per heavy atom. The molecule has 100 valence electrons. The molecule has 0 saturated carbocycles. The molecule has 2 atom stereocenters. The quantitative estimate of drug-likeness (QED) is 0.852. The molecule has 1 saturated heterocycles. The number of thiazole rings is 1. The van der Waals surface area contributed by atoms with Gasteiger partial charge in [0.25, 0.3) is 0 Å². The molecular weight excluding hydrogens is 270 g/mol. The highest BCUT2D eigenvalue weighted by atomic mass is 32.2. The molecule has 5 nitrogen and oxygen atoms in total. The molecule has 0 bridgehead atoms. The number of rotatable bonds is 3. The van der Waals surface area contributed by atoms with E-state index in [1.807, 2.05) is 18.7 Å². The molecule has 2 heterocycles. The molecule has 0 radical (unpaired) electrons. The Hall–Kier alpha value is -0.790. The first-order valence-electron chi connectivity index (χ1n) is 5.82. The van der Waals surface area contributed by atoms with Crippen LogP contribution >= 0.6 is 23.1 Å². The largest absolute Gasteiger partial charge is 0.375 e. The van der Waals surface area contributed by atoms with E-state index in [0.29, 0.717) is 24.0 Å². The number of hydrogen-bond acceptors (Lipinski definition) is 6. The first kappa shape index (κ1) is 13.6. The van der Waals surface area contributed by atoms with Crippen LogP contribution < -0.4 is 5.73 Å². The number of nitrogen functional groups attached to an aromatic ring is 1. The van der Waals surface area contributed by atoms with E-state index in [2.05, 4.69) is 4.98 Å². The third-order valence-corrected chi connectivity index (χ3v) is 4.62. The van der Waals surface area contributed by atoms with Gasteiger partial charge in [-0.15, -0.1) is 11.8 Å². The Morgan fingerprint density at radius 1 is 1.61 bits per heavy atom. The number of hydrogen-bond donors (Lipinski definition) is 1. The maximum Gasteiger partial charge on any atom is 0.233 e. The summed E-state index contributed by atoms with van der Waals surface area (Å²) in [6.07, 6.45) is 1.94. The van der Waals surface area contributed by atoms with Crippen molar-refractivity contribution in [1.82, 2.24) is 9.88 Å². The third kappa shape index (κ3) is 3.60. The number of aromatic nitrogens is 1. The molecule has 1 amide bonds. The van der Waals surface area contributed by atoms with Crippen LogP contribution in [0.4, 0.5) is 5.13 Å². The van der Waals surface area contributed by atoms with Gasteiger partial charge in [0, 0.05) is 13.1 Å². The molecule has 1 fully saturated rings. The van der Waals surface area contributed by atoms with Crippen LogP contribution in [0.25, 0.3) is 0 Å². The van der Waals surface area contributed by atoms with Crippen LogP contribution in [0, 0.1) is 0 Å². The van der Waals surface area contributed by atoms with Gasteiger partial charge in [-0.05, 0) is 13.8 Å². The number of carbonyl (C=O) groups is 1. The number of ether oxygens (including phenoxy) is 1. The number of carbonyl (C=O) groups excluding carboxylic acids is 1. The Labute approximate surface area is 115 Å². The molecule has 1 aromatic rings. The number of thioether (sulfide) groups is 1. The lowest BCUT2D eigenvalue weighted by Gasteiger charge is -2.35. The van der Waals surface area contributed by atoms with E-state index >= 15 is 0 Å². The molecule has 1 aliphatic rings. The normalized spacial score (nSPS) is 24.2. The van der Waals surface area contributed by atoms with E-state index in [1.165, 1.54) is 23.1 Å². The summed E-state index contributed by atoms with van der Waals surface area (Å²) in [5.41, 5.74) is 5.55. The average molecular weight is 287 g/mol. The summed E-state index contributed by atoms with van der Waals surface area (Å²) in [5.74, 6) is 0.579. The number of anilines is 1. The predicted octanol–water partition coefficient (Wildman–Crippen LogP) is 1.45. The molecule has 7 heteroatoms. The van der Waals surface area contributed by atoms with Gasteiger partial charge in [-0.1, -0.05) is 11.3 Å². The topological polar surface area (TPSA) is 68.5 Å². The SMILES string of the molecule is CC1CN(C(=O)CSc2cnc(N)s2)CC(C)O1. The van der Waals surface area contributed by atoms with Crippen molar-refractivity contribution in [2.75, 3.05) is 24.6 Å². The van der Waals surface area contributed by atoms with Crippen LogP contribution in [-0.2, 0) is 9.53 Å². The zero-order valence-corrected chi connectivity index (χ0v) is 12.1. The Morgan fingerprint density at radius 3 is 2.83 bits per heavy atom. The van der Waals surface area contributed by atoms with Gasteiger partial charge in [0.2, 0.25) is 5.91 Å². The van der Waals surface area contributed by atoms with Crippen molar-refractivity contribution < 1.29 is 9.53 Å². The molecular formula is C11H17N3O2S2. The molecule has 2 rings (SSSR count). The summed E-state index contributed by atoms with van der Waals surface area (Å²) in [4.78, 5) is 17.9. The van der Waals surface area contributed by atoms with E-state index in [-0.39, 0.29) is 18.1 Å². The maximum atomic E-state index is 12.1. The second-order valence-corrected chi connectivity index (χ2v) is 6.70. The van der Waals surface area contributed by atoms with Crippen LogP contribution in [0.1, 0.15) is 13.8 Å². The van der Waals surface area contributed by atoms with Crippen molar-refractivity contribution in [1.29, 1.82) is 0 Å². The minimum atomic E-state index is 0.113. The van der Waals surface area contributed by atoms with Crippen LogP contribution in [0.5, 0.6) is 0 Å². The molecule has 0 spiro atoms.